The summed E-state index contributed by atoms with van der Waals surface area (Å²) in [6.07, 6.45) is 4.20. The van der Waals surface area contributed by atoms with E-state index in [1.807, 2.05) is 0 Å². The number of piperidine rings is 1. The molecule has 0 aromatic rings. The van der Waals surface area contributed by atoms with Gasteiger partial charge in [-0.2, -0.15) is 0 Å². The van der Waals surface area contributed by atoms with E-state index in [2.05, 4.69) is 23.6 Å². The molecule has 0 aromatic carbocycles. The van der Waals surface area contributed by atoms with E-state index in [0.29, 0.717) is 5.41 Å². The molecule has 2 saturated heterocycles. The number of likely N-dealkylation sites (tertiary alicyclic amines) is 2. The van der Waals surface area contributed by atoms with Crippen LogP contribution in [-0.4, -0.2) is 62.3 Å². The lowest BCUT2D eigenvalue weighted by atomic mass is 9.77. The predicted octanol–water partition coefficient (Wildman–Crippen LogP) is 1.83. The molecule has 2 heterocycles. The van der Waals surface area contributed by atoms with Crippen LogP contribution in [0.3, 0.4) is 0 Å². The lowest BCUT2D eigenvalue weighted by molar-refractivity contribution is 0.0827. The molecule has 2 fully saturated rings. The van der Waals surface area contributed by atoms with Crippen molar-refractivity contribution < 1.29 is 4.74 Å². The fourth-order valence-corrected chi connectivity index (χ4v) is 3.36. The zero-order valence-electron chi connectivity index (χ0n) is 11.7. The second-order valence-corrected chi connectivity index (χ2v) is 6.15. The second-order valence-electron chi connectivity index (χ2n) is 6.15. The average Bonchev–Trinajstić information content (AvgIpc) is 2.70. The first-order valence-corrected chi connectivity index (χ1v) is 7.11. The third-order valence-electron chi connectivity index (χ3n) is 4.72. The van der Waals surface area contributed by atoms with Gasteiger partial charge in [-0.15, -0.1) is 0 Å². The molecule has 2 aliphatic rings. The smallest absolute Gasteiger partial charge is 0.0589 e. The number of nitrogens with zero attached hydrogens (tertiary/aromatic N) is 2. The maximum Gasteiger partial charge on any atom is 0.0589 e. The zero-order valence-corrected chi connectivity index (χ0v) is 11.7. The van der Waals surface area contributed by atoms with Gasteiger partial charge in [0.25, 0.3) is 0 Å². The minimum absolute atomic E-state index is 0.638. The number of rotatable bonds is 4. The molecule has 0 radical (unpaired) electrons. The summed E-state index contributed by atoms with van der Waals surface area (Å²) in [5, 5.41) is 0. The quantitative estimate of drug-likeness (QED) is 0.745. The van der Waals surface area contributed by atoms with Gasteiger partial charge in [-0.25, -0.2) is 0 Å². The Kier molecular flexibility index (Phi) is 4.45. The lowest BCUT2D eigenvalue weighted by Crippen LogP contribution is -2.44. The highest BCUT2D eigenvalue weighted by molar-refractivity contribution is 4.94. The Hall–Kier alpha value is -0.120. The SMILES string of the molecule is COCCN1CCC2(CCN(C(C)C)CC2)C1. The van der Waals surface area contributed by atoms with Crippen molar-refractivity contribution in [3.63, 3.8) is 0 Å². The van der Waals surface area contributed by atoms with Gasteiger partial charge in [0.2, 0.25) is 0 Å². The highest BCUT2D eigenvalue weighted by atomic mass is 16.5. The van der Waals surface area contributed by atoms with E-state index < -0.39 is 0 Å². The summed E-state index contributed by atoms with van der Waals surface area (Å²) in [5.74, 6) is 0. The monoisotopic (exact) mass is 240 g/mol. The van der Waals surface area contributed by atoms with Gasteiger partial charge < -0.3 is 14.5 Å². The van der Waals surface area contributed by atoms with Crippen LogP contribution >= 0.6 is 0 Å². The standard InChI is InChI=1S/C14H28N2O/c1-13(2)16-8-5-14(6-9-16)4-7-15(12-14)10-11-17-3/h13H,4-12H2,1-3H3. The van der Waals surface area contributed by atoms with Crippen LogP contribution in [0.25, 0.3) is 0 Å². The summed E-state index contributed by atoms with van der Waals surface area (Å²) in [5.41, 5.74) is 0.638. The Labute approximate surface area is 106 Å². The van der Waals surface area contributed by atoms with E-state index in [1.165, 1.54) is 45.4 Å². The Balaban J connectivity index is 1.79. The molecular formula is C14H28N2O. The third-order valence-corrected chi connectivity index (χ3v) is 4.72. The maximum absolute atomic E-state index is 5.18. The number of hydrogen-bond acceptors (Lipinski definition) is 3. The molecule has 0 atom stereocenters. The summed E-state index contributed by atoms with van der Waals surface area (Å²) in [4.78, 5) is 5.22. The van der Waals surface area contributed by atoms with Crippen LogP contribution in [0.1, 0.15) is 33.1 Å². The highest BCUT2D eigenvalue weighted by Crippen LogP contribution is 2.40. The Bertz CT molecular complexity index is 234. The largest absolute Gasteiger partial charge is 0.383 e. The lowest BCUT2D eigenvalue weighted by Gasteiger charge is -2.41. The highest BCUT2D eigenvalue weighted by Gasteiger charge is 2.40. The van der Waals surface area contributed by atoms with Gasteiger partial charge >= 0.3 is 0 Å². The summed E-state index contributed by atoms with van der Waals surface area (Å²) < 4.78 is 5.18. The normalized spacial score (nSPS) is 26.1. The second kappa shape index (κ2) is 5.68. The van der Waals surface area contributed by atoms with Gasteiger partial charge in [-0.05, 0) is 58.2 Å². The third kappa shape index (κ3) is 3.21. The average molecular weight is 240 g/mol. The Morgan fingerprint density at radius 1 is 1.12 bits per heavy atom. The van der Waals surface area contributed by atoms with Crippen LogP contribution in [0.15, 0.2) is 0 Å². The van der Waals surface area contributed by atoms with Crippen LogP contribution in [0, 0.1) is 5.41 Å². The van der Waals surface area contributed by atoms with E-state index in [4.69, 9.17) is 4.74 Å². The maximum atomic E-state index is 5.18. The van der Waals surface area contributed by atoms with Crippen molar-refractivity contribution in [3.8, 4) is 0 Å². The van der Waals surface area contributed by atoms with E-state index >= 15 is 0 Å². The molecule has 100 valence electrons. The van der Waals surface area contributed by atoms with Crippen molar-refractivity contribution in [3.05, 3.63) is 0 Å². The van der Waals surface area contributed by atoms with Crippen LogP contribution < -0.4 is 0 Å². The first kappa shape index (κ1) is 13.3. The van der Waals surface area contributed by atoms with Gasteiger partial charge in [0.1, 0.15) is 0 Å². The molecule has 17 heavy (non-hydrogen) atoms. The molecule has 0 aromatic heterocycles. The topological polar surface area (TPSA) is 15.7 Å². The Morgan fingerprint density at radius 2 is 1.76 bits per heavy atom. The molecular weight excluding hydrogens is 212 g/mol. The van der Waals surface area contributed by atoms with Crippen molar-refractivity contribution in [2.24, 2.45) is 5.41 Å². The molecule has 2 rings (SSSR count). The van der Waals surface area contributed by atoms with Crippen molar-refractivity contribution in [1.82, 2.24) is 9.80 Å². The number of methoxy groups -OCH3 is 1. The van der Waals surface area contributed by atoms with Gasteiger partial charge in [0, 0.05) is 26.2 Å². The van der Waals surface area contributed by atoms with E-state index in [-0.39, 0.29) is 0 Å². The zero-order chi connectivity index (χ0) is 12.3. The Morgan fingerprint density at radius 3 is 2.35 bits per heavy atom. The van der Waals surface area contributed by atoms with Gasteiger partial charge in [0.05, 0.1) is 6.61 Å². The molecule has 0 N–H and O–H groups in total. The van der Waals surface area contributed by atoms with Crippen molar-refractivity contribution in [2.45, 2.75) is 39.2 Å². The molecule has 0 aliphatic carbocycles. The fourth-order valence-electron chi connectivity index (χ4n) is 3.36. The van der Waals surface area contributed by atoms with E-state index in [1.54, 1.807) is 7.11 Å². The van der Waals surface area contributed by atoms with E-state index in [9.17, 15) is 0 Å². The predicted molar refractivity (Wildman–Crippen MR) is 71.3 cm³/mol. The van der Waals surface area contributed by atoms with Crippen molar-refractivity contribution in [2.75, 3.05) is 46.4 Å². The first-order valence-electron chi connectivity index (χ1n) is 7.11. The van der Waals surface area contributed by atoms with Gasteiger partial charge in [-0.1, -0.05) is 0 Å². The van der Waals surface area contributed by atoms with Crippen LogP contribution in [0.2, 0.25) is 0 Å². The minimum Gasteiger partial charge on any atom is -0.383 e. The molecule has 0 unspecified atom stereocenters. The van der Waals surface area contributed by atoms with Crippen LogP contribution in [0.5, 0.6) is 0 Å². The molecule has 3 heteroatoms. The van der Waals surface area contributed by atoms with E-state index in [0.717, 1.165) is 19.2 Å². The van der Waals surface area contributed by atoms with Crippen LogP contribution in [-0.2, 0) is 4.74 Å². The molecule has 1 spiro atoms. The van der Waals surface area contributed by atoms with Crippen molar-refractivity contribution >= 4 is 0 Å². The van der Waals surface area contributed by atoms with Crippen LogP contribution in [0.4, 0.5) is 0 Å². The minimum atomic E-state index is 0.638. The number of hydrogen-bond donors (Lipinski definition) is 0. The number of ether oxygens (including phenoxy) is 1. The van der Waals surface area contributed by atoms with Gasteiger partial charge in [-0.3, -0.25) is 0 Å². The molecule has 3 nitrogen and oxygen atoms in total. The first-order chi connectivity index (χ1) is 8.15. The summed E-state index contributed by atoms with van der Waals surface area (Å²) in [6.45, 7) is 11.8. The molecule has 0 amide bonds. The molecule has 2 aliphatic heterocycles. The molecule has 0 bridgehead atoms. The fraction of sp³-hybridized carbons (Fsp3) is 1.00. The molecule has 0 saturated carbocycles. The van der Waals surface area contributed by atoms with Gasteiger partial charge in [0.15, 0.2) is 0 Å². The van der Waals surface area contributed by atoms with Crippen molar-refractivity contribution in [1.29, 1.82) is 0 Å². The summed E-state index contributed by atoms with van der Waals surface area (Å²) in [6, 6.07) is 0.721. The summed E-state index contributed by atoms with van der Waals surface area (Å²) in [7, 11) is 1.80. The summed E-state index contributed by atoms with van der Waals surface area (Å²) >= 11 is 0.